The minimum atomic E-state index is -0.120. The van der Waals surface area contributed by atoms with Crippen molar-refractivity contribution in [2.24, 2.45) is 0 Å². The van der Waals surface area contributed by atoms with E-state index in [4.69, 9.17) is 0 Å². The highest BCUT2D eigenvalue weighted by Gasteiger charge is 2.12. The predicted molar refractivity (Wildman–Crippen MR) is 88.1 cm³/mol. The van der Waals surface area contributed by atoms with Crippen LogP contribution < -0.4 is 5.56 Å². The lowest BCUT2D eigenvalue weighted by atomic mass is 10.1. The zero-order valence-corrected chi connectivity index (χ0v) is 13.1. The fourth-order valence-corrected chi connectivity index (χ4v) is 2.99. The van der Waals surface area contributed by atoms with Gasteiger partial charge in [-0.3, -0.25) is 9.36 Å². The SMILES string of the molecule is CCSc1nc2nccnc2c(=O)n1CCc1ccccc1. The van der Waals surface area contributed by atoms with Gasteiger partial charge >= 0.3 is 0 Å². The average Bonchev–Trinajstić information content (AvgIpc) is 2.56. The van der Waals surface area contributed by atoms with Crippen LogP contribution >= 0.6 is 11.8 Å². The van der Waals surface area contributed by atoms with Crippen LogP contribution in [0.25, 0.3) is 11.2 Å². The molecule has 0 aliphatic carbocycles. The summed E-state index contributed by atoms with van der Waals surface area (Å²) in [5.74, 6) is 0.851. The standard InChI is InChI=1S/C16H16N4OS/c1-2-22-16-19-14-13(17-9-10-18-14)15(21)20(16)11-8-12-6-4-3-5-7-12/h3-7,9-10H,2,8,11H2,1H3. The van der Waals surface area contributed by atoms with Gasteiger partial charge in [0.2, 0.25) is 0 Å². The number of benzene rings is 1. The van der Waals surface area contributed by atoms with Crippen molar-refractivity contribution in [2.45, 2.75) is 25.0 Å². The molecule has 6 heteroatoms. The molecular formula is C16H16N4OS. The molecule has 0 atom stereocenters. The van der Waals surface area contributed by atoms with E-state index < -0.39 is 0 Å². The van der Waals surface area contributed by atoms with E-state index in [1.54, 1.807) is 22.5 Å². The Kier molecular flexibility index (Phi) is 4.48. The van der Waals surface area contributed by atoms with Crippen LogP contribution in [0.2, 0.25) is 0 Å². The maximum absolute atomic E-state index is 12.7. The maximum atomic E-state index is 12.7. The van der Waals surface area contributed by atoms with E-state index in [2.05, 4.69) is 27.1 Å². The Balaban J connectivity index is 2.00. The zero-order chi connectivity index (χ0) is 15.4. The van der Waals surface area contributed by atoms with Gasteiger partial charge in [0.15, 0.2) is 16.3 Å². The number of rotatable bonds is 5. The van der Waals surface area contributed by atoms with Crippen LogP contribution in [0.3, 0.4) is 0 Å². The van der Waals surface area contributed by atoms with E-state index in [0.29, 0.717) is 22.9 Å². The lowest BCUT2D eigenvalue weighted by Crippen LogP contribution is -2.25. The van der Waals surface area contributed by atoms with E-state index in [-0.39, 0.29) is 5.56 Å². The maximum Gasteiger partial charge on any atom is 0.282 e. The van der Waals surface area contributed by atoms with E-state index in [0.717, 1.165) is 12.2 Å². The molecule has 3 rings (SSSR count). The zero-order valence-electron chi connectivity index (χ0n) is 12.3. The van der Waals surface area contributed by atoms with Gasteiger partial charge in [-0.15, -0.1) is 0 Å². The van der Waals surface area contributed by atoms with Gasteiger partial charge < -0.3 is 0 Å². The van der Waals surface area contributed by atoms with Crippen molar-refractivity contribution in [1.29, 1.82) is 0 Å². The molecule has 0 spiro atoms. The van der Waals surface area contributed by atoms with Crippen molar-refractivity contribution in [3.05, 3.63) is 58.6 Å². The number of fused-ring (bicyclic) bond motifs is 1. The van der Waals surface area contributed by atoms with Gasteiger partial charge in [-0.2, -0.15) is 0 Å². The molecule has 0 saturated carbocycles. The summed E-state index contributed by atoms with van der Waals surface area (Å²) >= 11 is 1.55. The predicted octanol–water partition coefficient (Wildman–Crippen LogP) is 2.54. The number of aromatic nitrogens is 4. The van der Waals surface area contributed by atoms with Crippen molar-refractivity contribution < 1.29 is 0 Å². The summed E-state index contributed by atoms with van der Waals surface area (Å²) in [6, 6.07) is 10.1. The third-order valence-corrected chi connectivity index (χ3v) is 4.16. The van der Waals surface area contributed by atoms with E-state index in [9.17, 15) is 4.79 Å². The van der Waals surface area contributed by atoms with Crippen molar-refractivity contribution in [3.63, 3.8) is 0 Å². The Morgan fingerprint density at radius 1 is 1.14 bits per heavy atom. The Labute approximate surface area is 132 Å². The van der Waals surface area contributed by atoms with Gasteiger partial charge in [0.25, 0.3) is 5.56 Å². The fourth-order valence-electron chi connectivity index (χ4n) is 2.25. The molecule has 3 aromatic rings. The lowest BCUT2D eigenvalue weighted by molar-refractivity contribution is 0.593. The third kappa shape index (κ3) is 3.01. The molecule has 0 aliphatic rings. The van der Waals surface area contributed by atoms with Crippen molar-refractivity contribution >= 4 is 22.9 Å². The first-order chi connectivity index (χ1) is 10.8. The minimum Gasteiger partial charge on any atom is -0.285 e. The Bertz CT molecular complexity index is 832. The Morgan fingerprint density at radius 3 is 2.68 bits per heavy atom. The van der Waals surface area contributed by atoms with Crippen LogP contribution in [0.15, 0.2) is 52.7 Å². The highest BCUT2D eigenvalue weighted by atomic mass is 32.2. The number of thioether (sulfide) groups is 1. The molecule has 22 heavy (non-hydrogen) atoms. The first kappa shape index (κ1) is 14.7. The summed E-state index contributed by atoms with van der Waals surface area (Å²) in [5.41, 5.74) is 1.82. The molecule has 112 valence electrons. The molecule has 2 aromatic heterocycles. The van der Waals surface area contributed by atoms with E-state index in [1.807, 2.05) is 25.1 Å². The normalized spacial score (nSPS) is 11.0. The second-order valence-corrected chi connectivity index (χ2v) is 5.98. The van der Waals surface area contributed by atoms with Crippen LogP contribution in [0.5, 0.6) is 0 Å². The van der Waals surface area contributed by atoms with Gasteiger partial charge in [-0.05, 0) is 17.7 Å². The minimum absolute atomic E-state index is 0.120. The highest BCUT2D eigenvalue weighted by Crippen LogP contribution is 2.16. The van der Waals surface area contributed by atoms with E-state index >= 15 is 0 Å². The number of nitrogens with zero attached hydrogens (tertiary/aromatic N) is 4. The molecule has 0 radical (unpaired) electrons. The van der Waals surface area contributed by atoms with Crippen LogP contribution in [-0.4, -0.2) is 25.3 Å². The average molecular weight is 312 g/mol. The molecule has 0 aliphatic heterocycles. The van der Waals surface area contributed by atoms with Crippen LogP contribution in [-0.2, 0) is 13.0 Å². The second kappa shape index (κ2) is 6.70. The topological polar surface area (TPSA) is 60.7 Å². The van der Waals surface area contributed by atoms with Gasteiger partial charge in [0.1, 0.15) is 0 Å². The monoisotopic (exact) mass is 312 g/mol. The molecule has 0 saturated heterocycles. The largest absolute Gasteiger partial charge is 0.285 e. The number of hydrogen-bond donors (Lipinski definition) is 0. The molecule has 0 amide bonds. The smallest absolute Gasteiger partial charge is 0.282 e. The first-order valence-electron chi connectivity index (χ1n) is 7.18. The van der Waals surface area contributed by atoms with Crippen LogP contribution in [0, 0.1) is 0 Å². The summed E-state index contributed by atoms with van der Waals surface area (Å²) in [7, 11) is 0. The summed E-state index contributed by atoms with van der Waals surface area (Å²) in [5, 5.41) is 0.705. The van der Waals surface area contributed by atoms with Crippen molar-refractivity contribution in [1.82, 2.24) is 19.5 Å². The van der Waals surface area contributed by atoms with Crippen LogP contribution in [0.4, 0.5) is 0 Å². The number of aryl methyl sites for hydroxylation is 1. The molecule has 1 aromatic carbocycles. The highest BCUT2D eigenvalue weighted by molar-refractivity contribution is 7.99. The summed E-state index contributed by atoms with van der Waals surface area (Å²) < 4.78 is 1.71. The van der Waals surface area contributed by atoms with Crippen LogP contribution in [0.1, 0.15) is 12.5 Å². The van der Waals surface area contributed by atoms with Gasteiger partial charge in [0, 0.05) is 18.9 Å². The third-order valence-electron chi connectivity index (χ3n) is 3.30. The molecule has 2 heterocycles. The molecule has 0 unspecified atom stereocenters. The fraction of sp³-hybridized carbons (Fsp3) is 0.250. The molecule has 0 N–H and O–H groups in total. The first-order valence-corrected chi connectivity index (χ1v) is 8.16. The molecule has 0 fully saturated rings. The number of hydrogen-bond acceptors (Lipinski definition) is 5. The molecule has 0 bridgehead atoms. The quantitative estimate of drug-likeness (QED) is 0.535. The summed E-state index contributed by atoms with van der Waals surface area (Å²) in [4.78, 5) is 25.4. The Hall–Kier alpha value is -2.21. The lowest BCUT2D eigenvalue weighted by Gasteiger charge is -2.11. The summed E-state index contributed by atoms with van der Waals surface area (Å²) in [6.45, 7) is 2.63. The summed E-state index contributed by atoms with van der Waals surface area (Å²) in [6.07, 6.45) is 3.87. The van der Waals surface area contributed by atoms with Gasteiger partial charge in [-0.1, -0.05) is 49.0 Å². The molecule has 5 nitrogen and oxygen atoms in total. The van der Waals surface area contributed by atoms with Gasteiger partial charge in [0.05, 0.1) is 0 Å². The Morgan fingerprint density at radius 2 is 1.91 bits per heavy atom. The molecular weight excluding hydrogens is 296 g/mol. The van der Waals surface area contributed by atoms with Crippen molar-refractivity contribution in [2.75, 3.05) is 5.75 Å². The second-order valence-electron chi connectivity index (χ2n) is 4.75. The van der Waals surface area contributed by atoms with Crippen molar-refractivity contribution in [3.8, 4) is 0 Å². The van der Waals surface area contributed by atoms with Gasteiger partial charge in [-0.25, -0.2) is 15.0 Å². The van der Waals surface area contributed by atoms with E-state index in [1.165, 1.54) is 11.8 Å².